The number of hydrogen-bond donors (Lipinski definition) is 2. The van der Waals surface area contributed by atoms with E-state index in [2.05, 4.69) is 38.5 Å². The van der Waals surface area contributed by atoms with Crippen LogP contribution >= 0.6 is 27.3 Å². The molecule has 0 saturated heterocycles. The molecule has 0 bridgehead atoms. The lowest BCUT2D eigenvalue weighted by atomic mass is 10.1. The molecular weight excluding hydrogens is 298 g/mol. The predicted octanol–water partition coefficient (Wildman–Crippen LogP) is 2.52. The number of rotatable bonds is 5. The molecule has 0 spiro atoms. The molecule has 0 amide bonds. The third kappa shape index (κ3) is 3.89. The summed E-state index contributed by atoms with van der Waals surface area (Å²) in [5, 5.41) is 0. The van der Waals surface area contributed by atoms with Gasteiger partial charge in [0, 0.05) is 29.2 Å². The van der Waals surface area contributed by atoms with Crippen molar-refractivity contribution in [3.63, 3.8) is 0 Å². The van der Waals surface area contributed by atoms with E-state index in [-0.39, 0.29) is 6.04 Å². The Kier molecular flexibility index (Phi) is 4.67. The zero-order valence-corrected chi connectivity index (χ0v) is 11.7. The lowest BCUT2D eigenvalue weighted by molar-refractivity contribution is 0.520. The topological polar surface area (TPSA) is 50.9 Å². The summed E-state index contributed by atoms with van der Waals surface area (Å²) in [6.45, 7) is 0. The summed E-state index contributed by atoms with van der Waals surface area (Å²) >= 11 is 5.21. The van der Waals surface area contributed by atoms with Gasteiger partial charge in [0.15, 0.2) is 0 Å². The van der Waals surface area contributed by atoms with Crippen molar-refractivity contribution in [2.75, 3.05) is 0 Å². The van der Waals surface area contributed by atoms with Crippen LogP contribution in [0.5, 0.6) is 0 Å². The van der Waals surface area contributed by atoms with Crippen LogP contribution in [-0.2, 0) is 12.8 Å². The van der Waals surface area contributed by atoms with Gasteiger partial charge in [-0.05, 0) is 46.6 Å². The minimum absolute atomic E-state index is 0.218. The molecule has 5 heteroatoms. The molecule has 2 heterocycles. The predicted molar refractivity (Wildman–Crippen MR) is 74.8 cm³/mol. The van der Waals surface area contributed by atoms with Gasteiger partial charge in [-0.15, -0.1) is 11.3 Å². The minimum Gasteiger partial charge on any atom is -0.271 e. The molecule has 0 aliphatic heterocycles. The molecule has 2 aromatic rings. The maximum absolute atomic E-state index is 5.59. The number of hydrazine groups is 1. The molecule has 0 radical (unpaired) electrons. The summed E-state index contributed by atoms with van der Waals surface area (Å²) in [6, 6.07) is 10.3. The first-order valence-electron chi connectivity index (χ1n) is 5.38. The van der Waals surface area contributed by atoms with Crippen LogP contribution in [0, 0.1) is 0 Å². The standard InChI is InChI=1S/C12H14BrN3S/c13-12-5-4-11(17-12)8-10(16-14)7-9-3-1-2-6-15-9/h1-6,10,16H,7-8,14H2. The van der Waals surface area contributed by atoms with Gasteiger partial charge in [-0.1, -0.05) is 6.07 Å². The lowest BCUT2D eigenvalue weighted by Gasteiger charge is -2.14. The first-order valence-corrected chi connectivity index (χ1v) is 6.99. The molecule has 3 N–H and O–H groups in total. The fraction of sp³-hybridized carbons (Fsp3) is 0.250. The van der Waals surface area contributed by atoms with Crippen LogP contribution in [0.25, 0.3) is 0 Å². The van der Waals surface area contributed by atoms with Crippen molar-refractivity contribution >= 4 is 27.3 Å². The molecule has 1 unspecified atom stereocenters. The van der Waals surface area contributed by atoms with Crippen molar-refractivity contribution in [3.8, 4) is 0 Å². The molecule has 3 nitrogen and oxygen atoms in total. The largest absolute Gasteiger partial charge is 0.271 e. The number of nitrogens with zero attached hydrogens (tertiary/aromatic N) is 1. The second-order valence-corrected chi connectivity index (χ2v) is 6.35. The highest BCUT2D eigenvalue weighted by molar-refractivity contribution is 9.11. The first-order chi connectivity index (χ1) is 8.28. The van der Waals surface area contributed by atoms with Gasteiger partial charge < -0.3 is 0 Å². The van der Waals surface area contributed by atoms with Crippen LogP contribution in [0.3, 0.4) is 0 Å². The van der Waals surface area contributed by atoms with E-state index in [1.807, 2.05) is 24.4 Å². The van der Waals surface area contributed by atoms with Crippen LogP contribution in [-0.4, -0.2) is 11.0 Å². The van der Waals surface area contributed by atoms with E-state index in [1.54, 1.807) is 11.3 Å². The third-order valence-electron chi connectivity index (χ3n) is 2.49. The maximum atomic E-state index is 5.59. The number of nitrogens with two attached hydrogens (primary N) is 1. The summed E-state index contributed by atoms with van der Waals surface area (Å²) in [6.07, 6.45) is 3.57. The monoisotopic (exact) mass is 311 g/mol. The Balaban J connectivity index is 1.98. The number of aromatic nitrogens is 1. The Hall–Kier alpha value is -0.750. The molecule has 0 aliphatic rings. The Bertz CT molecular complexity index is 458. The van der Waals surface area contributed by atoms with E-state index in [9.17, 15) is 0 Å². The van der Waals surface area contributed by atoms with Crippen LogP contribution in [0.4, 0.5) is 0 Å². The van der Waals surface area contributed by atoms with Gasteiger partial charge in [0.1, 0.15) is 0 Å². The summed E-state index contributed by atoms with van der Waals surface area (Å²) in [5.41, 5.74) is 3.92. The van der Waals surface area contributed by atoms with E-state index < -0.39 is 0 Å². The van der Waals surface area contributed by atoms with E-state index in [0.717, 1.165) is 22.3 Å². The second-order valence-electron chi connectivity index (χ2n) is 3.80. The van der Waals surface area contributed by atoms with Crippen molar-refractivity contribution in [1.82, 2.24) is 10.4 Å². The highest BCUT2D eigenvalue weighted by atomic mass is 79.9. The SMILES string of the molecule is NNC(Cc1ccccn1)Cc1ccc(Br)s1. The Morgan fingerprint density at radius 3 is 2.76 bits per heavy atom. The molecule has 90 valence electrons. The molecule has 0 fully saturated rings. The van der Waals surface area contributed by atoms with E-state index >= 15 is 0 Å². The second kappa shape index (κ2) is 6.26. The molecule has 0 aromatic carbocycles. The molecule has 1 atom stereocenters. The Morgan fingerprint density at radius 1 is 1.29 bits per heavy atom. The zero-order chi connectivity index (χ0) is 12.1. The fourth-order valence-electron chi connectivity index (χ4n) is 1.67. The number of halogens is 1. The molecule has 0 saturated carbocycles. The first kappa shape index (κ1) is 12.7. The van der Waals surface area contributed by atoms with Gasteiger partial charge >= 0.3 is 0 Å². The smallest absolute Gasteiger partial charge is 0.0701 e. The zero-order valence-electron chi connectivity index (χ0n) is 9.27. The van der Waals surface area contributed by atoms with E-state index in [1.165, 1.54) is 4.88 Å². The number of nitrogens with one attached hydrogen (secondary N) is 1. The number of hydrogen-bond acceptors (Lipinski definition) is 4. The quantitative estimate of drug-likeness (QED) is 0.659. The molecule has 0 aliphatic carbocycles. The Morgan fingerprint density at radius 2 is 2.18 bits per heavy atom. The minimum atomic E-state index is 0.218. The molecular formula is C12H14BrN3S. The fourth-order valence-corrected chi connectivity index (χ4v) is 3.23. The van der Waals surface area contributed by atoms with E-state index in [0.29, 0.717) is 0 Å². The average molecular weight is 312 g/mol. The lowest BCUT2D eigenvalue weighted by Crippen LogP contribution is -2.38. The normalized spacial score (nSPS) is 12.6. The highest BCUT2D eigenvalue weighted by Gasteiger charge is 2.10. The van der Waals surface area contributed by atoms with Crippen molar-refractivity contribution in [2.24, 2.45) is 5.84 Å². The van der Waals surface area contributed by atoms with Gasteiger partial charge in [-0.2, -0.15) is 0 Å². The summed E-state index contributed by atoms with van der Waals surface area (Å²) in [7, 11) is 0. The van der Waals surface area contributed by atoms with Gasteiger partial charge in [0.05, 0.1) is 3.79 Å². The summed E-state index contributed by atoms with van der Waals surface area (Å²) in [4.78, 5) is 5.63. The van der Waals surface area contributed by atoms with Crippen molar-refractivity contribution in [3.05, 3.63) is 50.9 Å². The maximum Gasteiger partial charge on any atom is 0.0701 e. The van der Waals surface area contributed by atoms with Crippen LogP contribution in [0.15, 0.2) is 40.3 Å². The van der Waals surface area contributed by atoms with Gasteiger partial charge in [-0.3, -0.25) is 16.3 Å². The third-order valence-corrected chi connectivity index (χ3v) is 4.14. The Labute approximate surface area is 113 Å². The van der Waals surface area contributed by atoms with Crippen molar-refractivity contribution < 1.29 is 0 Å². The van der Waals surface area contributed by atoms with Gasteiger partial charge in [0.2, 0.25) is 0 Å². The number of thiophene rings is 1. The molecule has 2 aromatic heterocycles. The van der Waals surface area contributed by atoms with Gasteiger partial charge in [0.25, 0.3) is 0 Å². The van der Waals surface area contributed by atoms with Crippen LogP contribution in [0.1, 0.15) is 10.6 Å². The van der Waals surface area contributed by atoms with Crippen molar-refractivity contribution in [1.29, 1.82) is 0 Å². The van der Waals surface area contributed by atoms with E-state index in [4.69, 9.17) is 5.84 Å². The highest BCUT2D eigenvalue weighted by Crippen LogP contribution is 2.23. The number of pyridine rings is 1. The molecule has 17 heavy (non-hydrogen) atoms. The van der Waals surface area contributed by atoms with Crippen molar-refractivity contribution in [2.45, 2.75) is 18.9 Å². The summed E-state index contributed by atoms with van der Waals surface area (Å²) < 4.78 is 1.15. The molecule has 2 rings (SSSR count). The van der Waals surface area contributed by atoms with Crippen LogP contribution in [0.2, 0.25) is 0 Å². The van der Waals surface area contributed by atoms with Crippen LogP contribution < -0.4 is 11.3 Å². The van der Waals surface area contributed by atoms with Gasteiger partial charge in [-0.25, -0.2) is 0 Å². The summed E-state index contributed by atoms with van der Waals surface area (Å²) in [5.74, 6) is 5.59. The average Bonchev–Trinajstić information content (AvgIpc) is 2.75.